The van der Waals surface area contributed by atoms with Crippen LogP contribution in [0.2, 0.25) is 0 Å². The molecule has 8 nitrogen and oxygen atoms in total. The van der Waals surface area contributed by atoms with E-state index in [0.29, 0.717) is 16.8 Å². The molecule has 0 atom stereocenters. The van der Waals surface area contributed by atoms with Crippen LogP contribution in [-0.2, 0) is 33.8 Å². The normalized spacial score (nSPS) is 13.0. The molecular formula is C26H28N2O6S. The fraction of sp³-hybridized carbons (Fsp3) is 0.385. The van der Waals surface area contributed by atoms with E-state index in [0.717, 1.165) is 32.6 Å². The Balaban J connectivity index is 1.87. The molecule has 3 aromatic rings. The molecule has 0 saturated carbocycles. The molecule has 0 fully saturated rings. The first-order valence-electron chi connectivity index (χ1n) is 11.4. The van der Waals surface area contributed by atoms with Gasteiger partial charge in [0.1, 0.15) is 21.9 Å². The van der Waals surface area contributed by atoms with Gasteiger partial charge >= 0.3 is 17.6 Å². The Morgan fingerprint density at radius 2 is 1.83 bits per heavy atom. The average Bonchev–Trinajstić information content (AvgIpc) is 3.33. The van der Waals surface area contributed by atoms with Crippen molar-refractivity contribution in [2.24, 2.45) is 0 Å². The molecule has 0 unspecified atom stereocenters. The lowest BCUT2D eigenvalue weighted by atomic mass is 10.1. The lowest BCUT2D eigenvalue weighted by Gasteiger charge is -2.20. The summed E-state index contributed by atoms with van der Waals surface area (Å²) in [5.74, 6) is -1.23. The van der Waals surface area contributed by atoms with Crippen molar-refractivity contribution in [2.75, 3.05) is 6.61 Å². The van der Waals surface area contributed by atoms with E-state index in [9.17, 15) is 19.2 Å². The molecule has 0 saturated heterocycles. The van der Waals surface area contributed by atoms with Crippen molar-refractivity contribution in [1.29, 1.82) is 0 Å². The zero-order valence-electron chi connectivity index (χ0n) is 20.5. The van der Waals surface area contributed by atoms with E-state index in [1.807, 2.05) is 30.3 Å². The molecule has 2 heterocycles. The first-order valence-corrected chi connectivity index (χ1v) is 12.2. The van der Waals surface area contributed by atoms with Crippen LogP contribution in [0, 0.1) is 6.92 Å². The molecule has 1 aromatic carbocycles. The van der Waals surface area contributed by atoms with Gasteiger partial charge in [-0.1, -0.05) is 30.3 Å². The molecule has 9 heteroatoms. The van der Waals surface area contributed by atoms with Crippen LogP contribution in [0.4, 0.5) is 0 Å². The lowest BCUT2D eigenvalue weighted by Crippen LogP contribution is -2.42. The summed E-state index contributed by atoms with van der Waals surface area (Å²) in [5.41, 5.74) is 1.65. The van der Waals surface area contributed by atoms with Gasteiger partial charge in [0.2, 0.25) is 0 Å². The number of carbonyl (C=O) groups is 2. The second-order valence-electron chi connectivity index (χ2n) is 9.48. The molecule has 0 radical (unpaired) electrons. The number of aromatic nitrogens is 2. The van der Waals surface area contributed by atoms with E-state index in [-0.39, 0.29) is 23.4 Å². The second-order valence-corrected chi connectivity index (χ2v) is 10.5. The lowest BCUT2D eigenvalue weighted by molar-refractivity contribution is -0.155. The zero-order valence-corrected chi connectivity index (χ0v) is 21.3. The van der Waals surface area contributed by atoms with Crippen molar-refractivity contribution < 1.29 is 19.1 Å². The van der Waals surface area contributed by atoms with Gasteiger partial charge in [-0.2, -0.15) is 0 Å². The van der Waals surface area contributed by atoms with Crippen LogP contribution >= 0.6 is 11.3 Å². The smallest absolute Gasteiger partial charge is 0.348 e. The van der Waals surface area contributed by atoms with Crippen LogP contribution in [0.3, 0.4) is 0 Å². The number of thiophene rings is 1. The number of benzene rings is 1. The molecule has 35 heavy (non-hydrogen) atoms. The molecule has 1 aliphatic carbocycles. The predicted octanol–water partition coefficient (Wildman–Crippen LogP) is 3.69. The minimum Gasteiger partial charge on any atom is -0.462 e. The molecule has 2 aromatic heterocycles. The minimum atomic E-state index is -0.764. The van der Waals surface area contributed by atoms with Crippen molar-refractivity contribution in [3.05, 3.63) is 72.2 Å². The summed E-state index contributed by atoms with van der Waals surface area (Å²) in [4.78, 5) is 52.7. The maximum atomic E-state index is 13.6. The fourth-order valence-electron chi connectivity index (χ4n) is 4.22. The zero-order chi connectivity index (χ0) is 25.5. The maximum Gasteiger partial charge on any atom is 0.348 e. The van der Waals surface area contributed by atoms with E-state index in [2.05, 4.69) is 0 Å². The highest BCUT2D eigenvalue weighted by Crippen LogP contribution is 2.31. The van der Waals surface area contributed by atoms with E-state index in [4.69, 9.17) is 9.47 Å². The van der Waals surface area contributed by atoms with Crippen LogP contribution in [-0.4, -0.2) is 33.3 Å². The largest absolute Gasteiger partial charge is 0.462 e. The average molecular weight is 497 g/mol. The Hall–Kier alpha value is -3.46. The van der Waals surface area contributed by atoms with Gasteiger partial charge in [0.25, 0.3) is 5.56 Å². The number of ether oxygens (including phenoxy) is 2. The first kappa shape index (κ1) is 24.7. The van der Waals surface area contributed by atoms with E-state index in [1.54, 1.807) is 34.6 Å². The molecule has 0 spiro atoms. The molecular weight excluding hydrogens is 468 g/mol. The summed E-state index contributed by atoms with van der Waals surface area (Å²) in [6.45, 7) is 8.40. The summed E-state index contributed by atoms with van der Waals surface area (Å²) in [6.07, 6.45) is 2.70. The van der Waals surface area contributed by atoms with Crippen molar-refractivity contribution in [3.63, 3.8) is 0 Å². The number of rotatable bonds is 6. The maximum absolute atomic E-state index is 13.6. The van der Waals surface area contributed by atoms with Gasteiger partial charge in [-0.15, -0.1) is 11.3 Å². The van der Waals surface area contributed by atoms with Gasteiger partial charge in [-0.3, -0.25) is 14.2 Å². The SMILES string of the molecule is CCOC(=O)c1sc2c(c1C)c(=O)n(CC(=O)OC(C)(C)C)c(=O)n2CC1=Cc2ccccc2C1. The summed E-state index contributed by atoms with van der Waals surface area (Å²) >= 11 is 1.06. The van der Waals surface area contributed by atoms with Crippen LogP contribution in [0.15, 0.2) is 39.4 Å². The summed E-state index contributed by atoms with van der Waals surface area (Å²) in [6, 6.07) is 7.97. The van der Waals surface area contributed by atoms with Gasteiger partial charge in [0.05, 0.1) is 18.5 Å². The van der Waals surface area contributed by atoms with Gasteiger partial charge in [-0.25, -0.2) is 14.2 Å². The number of hydrogen-bond donors (Lipinski definition) is 0. The number of fused-ring (bicyclic) bond motifs is 2. The first-order chi connectivity index (χ1) is 16.5. The van der Waals surface area contributed by atoms with E-state index in [1.165, 1.54) is 4.57 Å². The standard InChI is InChI=1S/C26H28N2O6S/c1-6-33-24(31)21-15(2)20-22(30)27(14-19(29)34-26(3,4)5)25(32)28(23(20)35-21)13-16-11-17-9-7-8-10-18(17)12-16/h7-11H,6,12-14H2,1-5H3. The highest BCUT2D eigenvalue weighted by Gasteiger charge is 2.26. The minimum absolute atomic E-state index is 0.188. The van der Waals surface area contributed by atoms with Crippen molar-refractivity contribution in [3.8, 4) is 0 Å². The Bertz CT molecular complexity index is 1480. The van der Waals surface area contributed by atoms with Crippen LogP contribution in [0.5, 0.6) is 0 Å². The van der Waals surface area contributed by atoms with Crippen LogP contribution in [0.25, 0.3) is 16.3 Å². The number of esters is 2. The quantitative estimate of drug-likeness (QED) is 0.483. The van der Waals surface area contributed by atoms with Gasteiger partial charge in [0, 0.05) is 0 Å². The molecule has 184 valence electrons. The molecule has 0 bridgehead atoms. The number of aryl methyl sites for hydroxylation is 1. The Morgan fingerprint density at radius 3 is 2.49 bits per heavy atom. The number of allylic oxidation sites excluding steroid dienone is 1. The van der Waals surface area contributed by atoms with E-state index < -0.39 is 35.3 Å². The summed E-state index contributed by atoms with van der Waals surface area (Å²) in [7, 11) is 0. The fourth-order valence-corrected chi connectivity index (χ4v) is 5.41. The molecule has 1 aliphatic rings. The van der Waals surface area contributed by atoms with Crippen LogP contribution in [0.1, 0.15) is 54.1 Å². The monoisotopic (exact) mass is 496 g/mol. The Kier molecular flexibility index (Phi) is 6.55. The van der Waals surface area contributed by atoms with Gasteiger partial charge in [-0.05, 0) is 63.3 Å². The van der Waals surface area contributed by atoms with E-state index >= 15 is 0 Å². The summed E-state index contributed by atoms with van der Waals surface area (Å²) < 4.78 is 12.9. The molecule has 0 aliphatic heterocycles. The number of carbonyl (C=O) groups excluding carboxylic acids is 2. The van der Waals surface area contributed by atoms with Crippen molar-refractivity contribution in [1.82, 2.24) is 9.13 Å². The topological polar surface area (TPSA) is 96.6 Å². The van der Waals surface area contributed by atoms with Gasteiger partial charge < -0.3 is 9.47 Å². The second kappa shape index (κ2) is 9.30. The predicted molar refractivity (Wildman–Crippen MR) is 135 cm³/mol. The van der Waals surface area contributed by atoms with Crippen molar-refractivity contribution >= 4 is 39.6 Å². The Morgan fingerprint density at radius 1 is 1.11 bits per heavy atom. The third kappa shape index (κ3) is 4.86. The molecule has 4 rings (SSSR count). The highest BCUT2D eigenvalue weighted by atomic mass is 32.1. The number of nitrogens with zero attached hydrogens (tertiary/aromatic N) is 2. The molecule has 0 amide bonds. The third-order valence-electron chi connectivity index (χ3n) is 5.66. The highest BCUT2D eigenvalue weighted by molar-refractivity contribution is 7.20. The summed E-state index contributed by atoms with van der Waals surface area (Å²) in [5, 5.41) is 0.234. The van der Waals surface area contributed by atoms with Gasteiger partial charge in [0.15, 0.2) is 0 Å². The third-order valence-corrected chi connectivity index (χ3v) is 6.95. The number of hydrogen-bond acceptors (Lipinski definition) is 7. The van der Waals surface area contributed by atoms with Crippen molar-refractivity contribution in [2.45, 2.75) is 59.7 Å². The molecule has 0 N–H and O–H groups in total. The Labute approximate surface area is 206 Å². The van der Waals surface area contributed by atoms with Crippen LogP contribution < -0.4 is 11.2 Å².